The number of aromatic hydroxyl groups is 1. The maximum absolute atomic E-state index is 11.5. The summed E-state index contributed by atoms with van der Waals surface area (Å²) in [5.41, 5.74) is 3.80. The van der Waals surface area contributed by atoms with Gasteiger partial charge >= 0.3 is 5.97 Å². The van der Waals surface area contributed by atoms with E-state index in [1.54, 1.807) is 30.3 Å². The van der Waals surface area contributed by atoms with Gasteiger partial charge in [-0.05, 0) is 60.4 Å². The van der Waals surface area contributed by atoms with E-state index in [1.165, 1.54) is 5.56 Å². The minimum Gasteiger partial charge on any atom is -0.508 e. The molecule has 126 valence electrons. The number of hydrogen-bond acceptors (Lipinski definition) is 3. The van der Waals surface area contributed by atoms with E-state index in [0.29, 0.717) is 5.69 Å². The second kappa shape index (κ2) is 7.53. The van der Waals surface area contributed by atoms with Crippen molar-refractivity contribution in [1.29, 1.82) is 0 Å². The zero-order chi connectivity index (χ0) is 17.6. The second-order valence-corrected chi connectivity index (χ2v) is 5.84. The average molecular weight is 333 g/mol. The Labute approximate surface area is 146 Å². The largest absolute Gasteiger partial charge is 0.508 e. The van der Waals surface area contributed by atoms with Crippen LogP contribution in [-0.2, 0) is 12.8 Å². The number of benzene rings is 3. The van der Waals surface area contributed by atoms with Crippen LogP contribution < -0.4 is 5.32 Å². The number of phenols is 1. The molecule has 0 unspecified atom stereocenters. The lowest BCUT2D eigenvalue weighted by Gasteiger charge is -2.12. The molecule has 3 rings (SSSR count). The molecule has 0 aromatic heterocycles. The Balaban J connectivity index is 1.81. The molecule has 0 radical (unpaired) electrons. The Morgan fingerprint density at radius 2 is 1.52 bits per heavy atom. The quantitative estimate of drug-likeness (QED) is 0.576. The first-order chi connectivity index (χ1) is 12.1. The molecule has 0 atom stereocenters. The first-order valence-corrected chi connectivity index (χ1v) is 8.08. The Hall–Kier alpha value is -3.27. The summed E-state index contributed by atoms with van der Waals surface area (Å²) in [5.74, 6) is -0.809. The third kappa shape index (κ3) is 4.38. The highest BCUT2D eigenvalue weighted by atomic mass is 16.4. The summed E-state index contributed by atoms with van der Waals surface area (Å²) < 4.78 is 0. The predicted octanol–water partition coefficient (Wildman–Crippen LogP) is 4.62. The van der Waals surface area contributed by atoms with Crippen LogP contribution in [0.4, 0.5) is 11.4 Å². The van der Waals surface area contributed by atoms with Gasteiger partial charge in [-0.2, -0.15) is 0 Å². The topological polar surface area (TPSA) is 69.6 Å². The van der Waals surface area contributed by atoms with Crippen LogP contribution in [0, 0.1) is 0 Å². The summed E-state index contributed by atoms with van der Waals surface area (Å²) in [6, 6.07) is 22.1. The number of carboxylic acids is 1. The molecule has 0 spiro atoms. The number of aromatic carboxylic acids is 1. The summed E-state index contributed by atoms with van der Waals surface area (Å²) in [6.45, 7) is 0. The fourth-order valence-electron chi connectivity index (χ4n) is 2.67. The lowest BCUT2D eigenvalue weighted by Crippen LogP contribution is -2.04. The van der Waals surface area contributed by atoms with Crippen molar-refractivity contribution in [3.63, 3.8) is 0 Å². The summed E-state index contributed by atoms with van der Waals surface area (Å²) in [5, 5.41) is 21.9. The molecule has 0 heterocycles. The van der Waals surface area contributed by atoms with Gasteiger partial charge in [0.1, 0.15) is 5.75 Å². The zero-order valence-corrected chi connectivity index (χ0v) is 13.6. The van der Waals surface area contributed by atoms with E-state index >= 15 is 0 Å². The van der Waals surface area contributed by atoms with E-state index in [4.69, 9.17) is 0 Å². The van der Waals surface area contributed by atoms with E-state index in [9.17, 15) is 15.0 Å². The maximum atomic E-state index is 11.5. The fourth-order valence-corrected chi connectivity index (χ4v) is 2.67. The molecule has 0 aliphatic carbocycles. The number of hydrogen-bond donors (Lipinski definition) is 3. The third-order valence-electron chi connectivity index (χ3n) is 4.01. The van der Waals surface area contributed by atoms with E-state index in [0.717, 1.165) is 24.1 Å². The van der Waals surface area contributed by atoms with Gasteiger partial charge in [-0.1, -0.05) is 36.4 Å². The first-order valence-electron chi connectivity index (χ1n) is 8.08. The Morgan fingerprint density at radius 1 is 0.840 bits per heavy atom. The van der Waals surface area contributed by atoms with Crippen LogP contribution in [0.5, 0.6) is 5.75 Å². The summed E-state index contributed by atoms with van der Waals surface area (Å²) >= 11 is 0. The number of phenolic OH excluding ortho intramolecular Hbond substituents is 1. The minimum absolute atomic E-state index is 0.167. The highest BCUT2D eigenvalue weighted by molar-refractivity contribution is 5.95. The molecule has 0 amide bonds. The molecular formula is C21H19NO3. The van der Waals surface area contributed by atoms with Crippen molar-refractivity contribution in [3.05, 3.63) is 89.5 Å². The van der Waals surface area contributed by atoms with Crippen molar-refractivity contribution in [1.82, 2.24) is 0 Å². The summed E-state index contributed by atoms with van der Waals surface area (Å²) in [7, 11) is 0. The van der Waals surface area contributed by atoms with Crippen molar-refractivity contribution < 1.29 is 15.0 Å². The SMILES string of the molecule is O=C(O)c1ccc(CCc2ccccc2)cc1Nc1ccc(O)cc1. The lowest BCUT2D eigenvalue weighted by atomic mass is 10.0. The van der Waals surface area contributed by atoms with E-state index in [2.05, 4.69) is 17.4 Å². The fraction of sp³-hybridized carbons (Fsp3) is 0.0952. The molecule has 0 aliphatic rings. The smallest absolute Gasteiger partial charge is 0.337 e. The molecule has 4 heteroatoms. The van der Waals surface area contributed by atoms with Crippen LogP contribution in [-0.4, -0.2) is 16.2 Å². The highest BCUT2D eigenvalue weighted by Crippen LogP contribution is 2.24. The first kappa shape index (κ1) is 16.6. The molecule has 3 N–H and O–H groups in total. The predicted molar refractivity (Wildman–Crippen MR) is 98.6 cm³/mol. The molecule has 0 saturated carbocycles. The molecule has 3 aromatic carbocycles. The summed E-state index contributed by atoms with van der Waals surface area (Å²) in [4.78, 5) is 11.5. The van der Waals surface area contributed by atoms with E-state index < -0.39 is 5.97 Å². The van der Waals surface area contributed by atoms with E-state index in [1.807, 2.05) is 30.3 Å². The molecule has 0 aliphatic heterocycles. The van der Waals surface area contributed by atoms with Gasteiger partial charge in [0.15, 0.2) is 0 Å². The van der Waals surface area contributed by atoms with Crippen molar-refractivity contribution in [2.75, 3.05) is 5.32 Å². The molecule has 0 saturated heterocycles. The number of carbonyl (C=O) groups is 1. The van der Waals surface area contributed by atoms with Crippen molar-refractivity contribution >= 4 is 17.3 Å². The molecular weight excluding hydrogens is 314 g/mol. The van der Waals surface area contributed by atoms with Crippen LogP contribution in [0.3, 0.4) is 0 Å². The average Bonchev–Trinajstić information content (AvgIpc) is 2.63. The number of nitrogens with one attached hydrogen (secondary N) is 1. The van der Waals surface area contributed by atoms with Crippen LogP contribution in [0.1, 0.15) is 21.5 Å². The van der Waals surface area contributed by atoms with Gasteiger partial charge in [0, 0.05) is 5.69 Å². The van der Waals surface area contributed by atoms with Gasteiger partial charge in [0.05, 0.1) is 11.3 Å². The Kier molecular flexibility index (Phi) is 5.00. The number of rotatable bonds is 6. The van der Waals surface area contributed by atoms with E-state index in [-0.39, 0.29) is 11.3 Å². The Morgan fingerprint density at radius 3 is 2.20 bits per heavy atom. The molecule has 0 bridgehead atoms. The highest BCUT2D eigenvalue weighted by Gasteiger charge is 2.11. The molecule has 25 heavy (non-hydrogen) atoms. The van der Waals surface area contributed by atoms with Gasteiger partial charge in [-0.15, -0.1) is 0 Å². The van der Waals surface area contributed by atoms with Gasteiger partial charge < -0.3 is 15.5 Å². The standard InChI is InChI=1S/C21H19NO3/c23-18-11-9-17(10-12-18)22-20-14-16(8-13-19(20)21(24)25)7-6-15-4-2-1-3-5-15/h1-5,8-14,22-23H,6-7H2,(H,24,25). The van der Waals surface area contributed by atoms with Gasteiger partial charge in [-0.25, -0.2) is 4.79 Å². The van der Waals surface area contributed by atoms with Crippen molar-refractivity contribution in [2.45, 2.75) is 12.8 Å². The number of aryl methyl sites for hydroxylation is 2. The van der Waals surface area contributed by atoms with Gasteiger partial charge in [0.25, 0.3) is 0 Å². The lowest BCUT2D eigenvalue weighted by molar-refractivity contribution is 0.0698. The maximum Gasteiger partial charge on any atom is 0.337 e. The monoisotopic (exact) mass is 333 g/mol. The van der Waals surface area contributed by atoms with Crippen LogP contribution >= 0.6 is 0 Å². The van der Waals surface area contributed by atoms with Crippen LogP contribution in [0.15, 0.2) is 72.8 Å². The minimum atomic E-state index is -0.976. The van der Waals surface area contributed by atoms with Gasteiger partial charge in [-0.3, -0.25) is 0 Å². The number of carboxylic acid groups (broad SMARTS) is 1. The Bertz CT molecular complexity index is 858. The molecule has 4 nitrogen and oxygen atoms in total. The second-order valence-electron chi connectivity index (χ2n) is 5.84. The molecule has 0 fully saturated rings. The van der Waals surface area contributed by atoms with Crippen LogP contribution in [0.2, 0.25) is 0 Å². The van der Waals surface area contributed by atoms with Crippen molar-refractivity contribution in [3.8, 4) is 5.75 Å². The van der Waals surface area contributed by atoms with Crippen LogP contribution in [0.25, 0.3) is 0 Å². The zero-order valence-electron chi connectivity index (χ0n) is 13.6. The van der Waals surface area contributed by atoms with Gasteiger partial charge in [0.2, 0.25) is 0 Å². The summed E-state index contributed by atoms with van der Waals surface area (Å²) in [6.07, 6.45) is 1.72. The molecule has 3 aromatic rings. The third-order valence-corrected chi connectivity index (χ3v) is 4.01. The number of anilines is 2. The van der Waals surface area contributed by atoms with Crippen molar-refractivity contribution in [2.24, 2.45) is 0 Å². The normalized spacial score (nSPS) is 10.4.